The molecule has 0 spiro atoms. The zero-order valence-corrected chi connectivity index (χ0v) is 11.3. The van der Waals surface area contributed by atoms with E-state index in [1.165, 1.54) is 0 Å². The van der Waals surface area contributed by atoms with Gasteiger partial charge in [0.1, 0.15) is 6.04 Å². The lowest BCUT2D eigenvalue weighted by Crippen LogP contribution is -2.42. The van der Waals surface area contributed by atoms with E-state index in [-0.39, 0.29) is 11.8 Å². The molecule has 0 aromatic heterocycles. The van der Waals surface area contributed by atoms with Crippen LogP contribution >= 0.6 is 0 Å². The first-order valence-electron chi connectivity index (χ1n) is 6.38. The van der Waals surface area contributed by atoms with Gasteiger partial charge in [-0.15, -0.1) is 0 Å². The minimum Gasteiger partial charge on any atom is -0.480 e. The van der Waals surface area contributed by atoms with E-state index in [1.807, 2.05) is 20.8 Å². The van der Waals surface area contributed by atoms with E-state index >= 15 is 0 Å². The second kappa shape index (κ2) is 8.09. The quantitative estimate of drug-likeness (QED) is 0.688. The summed E-state index contributed by atoms with van der Waals surface area (Å²) < 4.78 is 0. The maximum Gasteiger partial charge on any atom is 0.326 e. The smallest absolute Gasteiger partial charge is 0.326 e. The van der Waals surface area contributed by atoms with E-state index in [2.05, 4.69) is 12.2 Å². The molecule has 0 saturated heterocycles. The van der Waals surface area contributed by atoms with Crippen LogP contribution in [-0.2, 0) is 9.59 Å². The van der Waals surface area contributed by atoms with Crippen LogP contribution in [0.5, 0.6) is 0 Å². The molecular formula is C13H25NO3. The Labute approximate surface area is 104 Å². The highest BCUT2D eigenvalue weighted by atomic mass is 16.4. The fraction of sp³-hybridized carbons (Fsp3) is 0.846. The van der Waals surface area contributed by atoms with E-state index in [9.17, 15) is 9.59 Å². The van der Waals surface area contributed by atoms with E-state index in [0.29, 0.717) is 18.8 Å². The summed E-state index contributed by atoms with van der Waals surface area (Å²) in [5, 5.41) is 11.6. The topological polar surface area (TPSA) is 66.4 Å². The molecule has 0 saturated carbocycles. The minimum absolute atomic E-state index is 0.154. The number of amides is 1. The molecule has 0 heterocycles. The Morgan fingerprint density at radius 2 is 1.82 bits per heavy atom. The molecule has 0 fully saturated rings. The Morgan fingerprint density at radius 1 is 1.24 bits per heavy atom. The summed E-state index contributed by atoms with van der Waals surface area (Å²) in [5.41, 5.74) is 0. The van der Waals surface area contributed by atoms with Gasteiger partial charge in [0.05, 0.1) is 0 Å². The molecule has 0 aromatic rings. The standard InChI is InChI=1S/C13H25NO3/c1-5-6-10(4)8-12(15)14-11(13(16)17)7-9(2)3/h9-11H,5-8H2,1-4H3,(H,14,15)(H,16,17)/t10?,11-/m0/s1. The molecule has 0 bridgehead atoms. The van der Waals surface area contributed by atoms with Gasteiger partial charge in [0, 0.05) is 6.42 Å². The fourth-order valence-electron chi connectivity index (χ4n) is 1.86. The van der Waals surface area contributed by atoms with Gasteiger partial charge in [-0.2, -0.15) is 0 Å². The van der Waals surface area contributed by atoms with Crippen LogP contribution < -0.4 is 5.32 Å². The highest BCUT2D eigenvalue weighted by molar-refractivity contribution is 5.83. The van der Waals surface area contributed by atoms with Crippen molar-refractivity contribution in [2.24, 2.45) is 11.8 Å². The van der Waals surface area contributed by atoms with Crippen molar-refractivity contribution in [2.75, 3.05) is 0 Å². The van der Waals surface area contributed by atoms with Gasteiger partial charge >= 0.3 is 5.97 Å². The third kappa shape index (κ3) is 7.77. The third-order valence-electron chi connectivity index (χ3n) is 2.66. The molecular weight excluding hydrogens is 218 g/mol. The molecule has 4 nitrogen and oxygen atoms in total. The fourth-order valence-corrected chi connectivity index (χ4v) is 1.86. The van der Waals surface area contributed by atoms with Crippen LogP contribution in [0.1, 0.15) is 53.4 Å². The highest BCUT2D eigenvalue weighted by Crippen LogP contribution is 2.11. The van der Waals surface area contributed by atoms with Crippen LogP contribution in [0.15, 0.2) is 0 Å². The first-order valence-corrected chi connectivity index (χ1v) is 6.38. The van der Waals surface area contributed by atoms with Crippen LogP contribution in [0.25, 0.3) is 0 Å². The van der Waals surface area contributed by atoms with E-state index in [0.717, 1.165) is 12.8 Å². The molecule has 100 valence electrons. The van der Waals surface area contributed by atoms with Crippen LogP contribution in [0.4, 0.5) is 0 Å². The van der Waals surface area contributed by atoms with Crippen molar-refractivity contribution in [3.8, 4) is 0 Å². The summed E-state index contributed by atoms with van der Waals surface area (Å²) in [5.74, 6) is -0.535. The molecule has 0 aliphatic rings. The van der Waals surface area contributed by atoms with Gasteiger partial charge in [0.15, 0.2) is 0 Å². The molecule has 2 N–H and O–H groups in total. The molecule has 17 heavy (non-hydrogen) atoms. The summed E-state index contributed by atoms with van der Waals surface area (Å²) >= 11 is 0. The Hall–Kier alpha value is -1.06. The number of carbonyl (C=O) groups excluding carboxylic acids is 1. The van der Waals surface area contributed by atoms with E-state index < -0.39 is 12.0 Å². The minimum atomic E-state index is -0.949. The molecule has 1 unspecified atom stereocenters. The largest absolute Gasteiger partial charge is 0.480 e. The van der Waals surface area contributed by atoms with Crippen molar-refractivity contribution in [3.05, 3.63) is 0 Å². The third-order valence-corrected chi connectivity index (χ3v) is 2.66. The van der Waals surface area contributed by atoms with Crippen molar-refractivity contribution in [2.45, 2.75) is 59.4 Å². The molecule has 0 aliphatic heterocycles. The molecule has 0 rings (SSSR count). The lowest BCUT2D eigenvalue weighted by Gasteiger charge is -2.17. The number of hydrogen-bond acceptors (Lipinski definition) is 2. The second-order valence-electron chi connectivity index (χ2n) is 5.19. The molecule has 0 aliphatic carbocycles. The molecule has 0 radical (unpaired) electrons. The van der Waals surface area contributed by atoms with Gasteiger partial charge in [-0.3, -0.25) is 4.79 Å². The number of carbonyl (C=O) groups is 2. The van der Waals surface area contributed by atoms with Gasteiger partial charge in [-0.05, 0) is 18.3 Å². The van der Waals surface area contributed by atoms with Gasteiger partial charge < -0.3 is 10.4 Å². The number of carboxylic acid groups (broad SMARTS) is 1. The summed E-state index contributed by atoms with van der Waals surface area (Å²) in [6.07, 6.45) is 2.93. The normalized spacial score (nSPS) is 14.4. The average molecular weight is 243 g/mol. The zero-order chi connectivity index (χ0) is 13.4. The number of hydrogen-bond donors (Lipinski definition) is 2. The lowest BCUT2D eigenvalue weighted by molar-refractivity contribution is -0.142. The van der Waals surface area contributed by atoms with Crippen LogP contribution in [-0.4, -0.2) is 23.0 Å². The molecule has 4 heteroatoms. The zero-order valence-electron chi connectivity index (χ0n) is 11.3. The highest BCUT2D eigenvalue weighted by Gasteiger charge is 2.21. The SMILES string of the molecule is CCCC(C)CC(=O)N[C@@H](CC(C)C)C(=O)O. The number of aliphatic carboxylic acids is 1. The first kappa shape index (κ1) is 15.9. The number of nitrogens with one attached hydrogen (secondary N) is 1. The van der Waals surface area contributed by atoms with Crippen molar-refractivity contribution in [1.82, 2.24) is 5.32 Å². The predicted molar refractivity (Wildman–Crippen MR) is 67.7 cm³/mol. The molecule has 2 atom stereocenters. The average Bonchev–Trinajstić information content (AvgIpc) is 2.15. The van der Waals surface area contributed by atoms with Crippen LogP contribution in [0.3, 0.4) is 0 Å². The Morgan fingerprint density at radius 3 is 2.24 bits per heavy atom. The maximum atomic E-state index is 11.7. The van der Waals surface area contributed by atoms with Crippen molar-refractivity contribution >= 4 is 11.9 Å². The van der Waals surface area contributed by atoms with E-state index in [4.69, 9.17) is 5.11 Å². The summed E-state index contributed by atoms with van der Waals surface area (Å²) in [4.78, 5) is 22.6. The Bertz CT molecular complexity index is 251. The Balaban J connectivity index is 4.17. The predicted octanol–water partition coefficient (Wildman–Crippen LogP) is 2.43. The molecule has 0 aromatic carbocycles. The van der Waals surface area contributed by atoms with Gasteiger partial charge in [0.25, 0.3) is 0 Å². The second-order valence-corrected chi connectivity index (χ2v) is 5.19. The van der Waals surface area contributed by atoms with Crippen molar-refractivity contribution < 1.29 is 14.7 Å². The van der Waals surface area contributed by atoms with Gasteiger partial charge in [-0.1, -0.05) is 40.5 Å². The van der Waals surface area contributed by atoms with E-state index in [1.54, 1.807) is 0 Å². The van der Waals surface area contributed by atoms with Crippen LogP contribution in [0, 0.1) is 11.8 Å². The Kier molecular flexibility index (Phi) is 7.59. The molecule has 1 amide bonds. The summed E-state index contributed by atoms with van der Waals surface area (Å²) in [6.45, 7) is 7.98. The lowest BCUT2D eigenvalue weighted by atomic mass is 10.0. The van der Waals surface area contributed by atoms with Gasteiger partial charge in [0.2, 0.25) is 5.91 Å². The van der Waals surface area contributed by atoms with Gasteiger partial charge in [-0.25, -0.2) is 4.79 Å². The first-order chi connectivity index (χ1) is 7.86. The van der Waals surface area contributed by atoms with Crippen molar-refractivity contribution in [1.29, 1.82) is 0 Å². The summed E-state index contributed by atoms with van der Waals surface area (Å²) in [6, 6.07) is -0.753. The monoisotopic (exact) mass is 243 g/mol. The maximum absolute atomic E-state index is 11.7. The summed E-state index contributed by atoms with van der Waals surface area (Å²) in [7, 11) is 0. The number of carboxylic acids is 1. The number of rotatable bonds is 8. The van der Waals surface area contributed by atoms with Crippen molar-refractivity contribution in [3.63, 3.8) is 0 Å². The van der Waals surface area contributed by atoms with Crippen LogP contribution in [0.2, 0.25) is 0 Å².